The van der Waals surface area contributed by atoms with E-state index in [0.29, 0.717) is 29.2 Å². The van der Waals surface area contributed by atoms with E-state index in [2.05, 4.69) is 10.3 Å². The Labute approximate surface area is 214 Å². The van der Waals surface area contributed by atoms with E-state index in [0.717, 1.165) is 50.3 Å². The third kappa shape index (κ3) is 5.17. The molecule has 10 heteroatoms. The molecule has 1 aliphatic carbocycles. The summed E-state index contributed by atoms with van der Waals surface area (Å²) in [5.74, 6) is 1.08. The Hall–Kier alpha value is -3.50. The van der Waals surface area contributed by atoms with Gasteiger partial charge in [0.25, 0.3) is 5.91 Å². The fraction of sp³-hybridized carbons (Fsp3) is 0.444. The number of hydrogen-bond acceptors (Lipinski definition) is 7. The van der Waals surface area contributed by atoms with E-state index in [1.807, 2.05) is 10.9 Å². The number of β-amino-alcohol motifs (C(OH)–C–C–N with tert-alkyl or cyclic N) is 1. The van der Waals surface area contributed by atoms with Gasteiger partial charge in [0.15, 0.2) is 5.75 Å². The first kappa shape index (κ1) is 23.9. The highest BCUT2D eigenvalue weighted by Gasteiger charge is 2.40. The lowest BCUT2D eigenvalue weighted by Gasteiger charge is -2.44. The van der Waals surface area contributed by atoms with Crippen LogP contribution in [0, 0.1) is 5.82 Å². The van der Waals surface area contributed by atoms with Gasteiger partial charge in [-0.05, 0) is 56.9 Å². The molecule has 2 aromatic heterocycles. The van der Waals surface area contributed by atoms with Gasteiger partial charge in [-0.3, -0.25) is 9.48 Å². The molecule has 1 amide bonds. The maximum atomic E-state index is 14.4. The molecular weight excluding hydrogens is 477 g/mol. The molecule has 37 heavy (non-hydrogen) atoms. The van der Waals surface area contributed by atoms with Crippen LogP contribution < -0.4 is 10.1 Å². The zero-order valence-electron chi connectivity index (χ0n) is 20.7. The zero-order valence-corrected chi connectivity index (χ0v) is 20.7. The molecule has 0 spiro atoms. The summed E-state index contributed by atoms with van der Waals surface area (Å²) >= 11 is 0. The number of aromatic nitrogens is 3. The van der Waals surface area contributed by atoms with Gasteiger partial charge in [0.05, 0.1) is 36.5 Å². The monoisotopic (exact) mass is 507 g/mol. The number of carbonyl (C=O) groups is 1. The van der Waals surface area contributed by atoms with Gasteiger partial charge in [-0.15, -0.1) is 0 Å². The van der Waals surface area contributed by atoms with Gasteiger partial charge < -0.3 is 24.8 Å². The summed E-state index contributed by atoms with van der Waals surface area (Å²) in [6.07, 6.45) is 7.73. The van der Waals surface area contributed by atoms with Crippen molar-refractivity contribution in [2.45, 2.75) is 50.2 Å². The fourth-order valence-electron chi connectivity index (χ4n) is 4.92. The maximum Gasteiger partial charge on any atom is 0.257 e. The van der Waals surface area contributed by atoms with Crippen molar-refractivity contribution < 1.29 is 23.8 Å². The van der Waals surface area contributed by atoms with Crippen molar-refractivity contribution in [2.24, 2.45) is 0 Å². The Morgan fingerprint density at radius 1 is 1.19 bits per heavy atom. The fourth-order valence-corrected chi connectivity index (χ4v) is 4.92. The van der Waals surface area contributed by atoms with Gasteiger partial charge in [0, 0.05) is 37.1 Å². The van der Waals surface area contributed by atoms with Crippen molar-refractivity contribution in [1.29, 1.82) is 0 Å². The van der Waals surface area contributed by atoms with E-state index in [4.69, 9.17) is 14.6 Å². The number of hydrogen-bond donors (Lipinski definition) is 2. The highest BCUT2D eigenvalue weighted by atomic mass is 19.1. The van der Waals surface area contributed by atoms with E-state index in [1.165, 1.54) is 17.0 Å². The second kappa shape index (κ2) is 9.42. The molecule has 0 atom stereocenters. The van der Waals surface area contributed by atoms with Crippen molar-refractivity contribution in [3.63, 3.8) is 0 Å². The van der Waals surface area contributed by atoms with E-state index < -0.39 is 17.3 Å². The second-order valence-electron chi connectivity index (χ2n) is 10.4. The number of ether oxygens (including phenoxy) is 2. The van der Waals surface area contributed by atoms with Gasteiger partial charge in [0.1, 0.15) is 23.1 Å². The highest BCUT2D eigenvalue weighted by Crippen LogP contribution is 2.40. The van der Waals surface area contributed by atoms with Crippen LogP contribution in [0.15, 0.2) is 42.7 Å². The largest absolute Gasteiger partial charge is 0.454 e. The number of amides is 1. The van der Waals surface area contributed by atoms with Gasteiger partial charge in [0.2, 0.25) is 0 Å². The summed E-state index contributed by atoms with van der Waals surface area (Å²) in [6.45, 7) is 3.45. The smallest absolute Gasteiger partial charge is 0.257 e. The molecule has 2 N–H and O–H groups in total. The van der Waals surface area contributed by atoms with Crippen LogP contribution in [0.1, 0.15) is 60.6 Å². The number of carbonyl (C=O) groups excluding carboxylic acids is 1. The van der Waals surface area contributed by atoms with Crippen molar-refractivity contribution >= 4 is 17.4 Å². The summed E-state index contributed by atoms with van der Waals surface area (Å²) in [6, 6.07) is 8.26. The van der Waals surface area contributed by atoms with Gasteiger partial charge in [-0.2, -0.15) is 5.10 Å². The number of likely N-dealkylation sites (tertiary alicyclic amines) is 1. The minimum Gasteiger partial charge on any atom is -0.454 e. The quantitative estimate of drug-likeness (QED) is 0.489. The standard InChI is InChI=1S/C27H30FN5O4/c1-27(35)15-32(16-27)26(34)21-12-18(2-5-22(21)28)30-24-13-20(6-9-29-24)37-23-14-33(19-3-4-19)31-25(23)17-7-10-36-11-8-17/h2,5-6,9,12-14,17,19,35H,3-4,7-8,10-11,15-16H2,1H3,(H,29,30). The Bertz CT molecular complexity index is 1310. The van der Waals surface area contributed by atoms with Gasteiger partial charge >= 0.3 is 0 Å². The molecule has 1 aromatic carbocycles. The lowest BCUT2D eigenvalue weighted by atomic mass is 9.95. The third-order valence-corrected chi connectivity index (χ3v) is 7.03. The molecule has 6 rings (SSSR count). The van der Waals surface area contributed by atoms with Gasteiger partial charge in [-0.1, -0.05) is 0 Å². The second-order valence-corrected chi connectivity index (χ2v) is 10.4. The van der Waals surface area contributed by atoms with E-state index >= 15 is 0 Å². The van der Waals surface area contributed by atoms with E-state index in [1.54, 1.807) is 31.3 Å². The summed E-state index contributed by atoms with van der Waals surface area (Å²) in [7, 11) is 0. The van der Waals surface area contributed by atoms with Crippen molar-refractivity contribution in [3.8, 4) is 11.5 Å². The lowest BCUT2D eigenvalue weighted by Crippen LogP contribution is -2.61. The average molecular weight is 508 g/mol. The molecule has 0 unspecified atom stereocenters. The summed E-state index contributed by atoms with van der Waals surface area (Å²) in [5, 5.41) is 17.9. The number of aliphatic hydroxyl groups is 1. The molecule has 2 saturated heterocycles. The molecule has 194 valence electrons. The maximum absolute atomic E-state index is 14.4. The van der Waals surface area contributed by atoms with Crippen molar-refractivity contribution in [1.82, 2.24) is 19.7 Å². The van der Waals surface area contributed by atoms with Crippen LogP contribution in [0.25, 0.3) is 0 Å². The minimum absolute atomic E-state index is 0.0542. The molecule has 4 heterocycles. The van der Waals surface area contributed by atoms with Crippen LogP contribution >= 0.6 is 0 Å². The first-order valence-electron chi connectivity index (χ1n) is 12.7. The van der Waals surface area contributed by atoms with Crippen molar-refractivity contribution in [2.75, 3.05) is 31.6 Å². The number of anilines is 2. The van der Waals surface area contributed by atoms with E-state index in [-0.39, 0.29) is 18.7 Å². The van der Waals surface area contributed by atoms with Gasteiger partial charge in [-0.25, -0.2) is 9.37 Å². The van der Waals surface area contributed by atoms with Crippen LogP contribution in [0.4, 0.5) is 15.9 Å². The summed E-state index contributed by atoms with van der Waals surface area (Å²) in [4.78, 5) is 18.5. The van der Waals surface area contributed by atoms with Crippen molar-refractivity contribution in [3.05, 3.63) is 59.8 Å². The molecule has 3 fully saturated rings. The first-order chi connectivity index (χ1) is 17.8. The Morgan fingerprint density at radius 3 is 2.70 bits per heavy atom. The summed E-state index contributed by atoms with van der Waals surface area (Å²) in [5.41, 5.74) is 0.507. The topological polar surface area (TPSA) is 102 Å². The predicted octanol–water partition coefficient (Wildman–Crippen LogP) is 4.39. The molecule has 2 aliphatic heterocycles. The van der Waals surface area contributed by atoms with Crippen LogP contribution in [-0.2, 0) is 4.74 Å². The normalized spacial score (nSPS) is 19.4. The lowest BCUT2D eigenvalue weighted by molar-refractivity contribution is -0.0670. The predicted molar refractivity (Wildman–Crippen MR) is 134 cm³/mol. The SMILES string of the molecule is CC1(O)CN(C(=O)c2cc(Nc3cc(Oc4cn(C5CC5)nc4C4CCOCC4)ccn3)ccc2F)C1. The van der Waals surface area contributed by atoms with Crippen LogP contribution in [0.3, 0.4) is 0 Å². The number of nitrogens with one attached hydrogen (secondary N) is 1. The first-order valence-corrected chi connectivity index (χ1v) is 12.7. The number of halogens is 1. The third-order valence-electron chi connectivity index (χ3n) is 7.03. The molecule has 9 nitrogen and oxygen atoms in total. The van der Waals surface area contributed by atoms with Crippen LogP contribution in [0.5, 0.6) is 11.5 Å². The number of nitrogens with zero attached hydrogens (tertiary/aromatic N) is 4. The Balaban J connectivity index is 1.19. The minimum atomic E-state index is -0.924. The molecule has 3 aromatic rings. The number of rotatable bonds is 7. The molecule has 1 saturated carbocycles. The Morgan fingerprint density at radius 2 is 1.97 bits per heavy atom. The molecular formula is C27H30FN5O4. The summed E-state index contributed by atoms with van der Waals surface area (Å²) < 4.78 is 28.3. The molecule has 3 aliphatic rings. The number of benzene rings is 1. The van der Waals surface area contributed by atoms with E-state index in [9.17, 15) is 14.3 Å². The highest BCUT2D eigenvalue weighted by molar-refractivity contribution is 5.96. The number of pyridine rings is 1. The Kier molecular flexibility index (Phi) is 6.08. The van der Waals surface area contributed by atoms with Crippen LogP contribution in [0.2, 0.25) is 0 Å². The molecule has 0 bridgehead atoms. The molecule has 0 radical (unpaired) electrons. The zero-order chi connectivity index (χ0) is 25.6. The van der Waals surface area contributed by atoms with Crippen LogP contribution in [-0.4, -0.2) is 62.6 Å². The average Bonchev–Trinajstić information content (AvgIpc) is 3.64.